The van der Waals surface area contributed by atoms with E-state index in [4.69, 9.17) is 5.26 Å². The summed E-state index contributed by atoms with van der Waals surface area (Å²) in [6, 6.07) is 13.6. The Morgan fingerprint density at radius 1 is 1.05 bits per heavy atom. The molecule has 92 valence electrons. The van der Waals surface area contributed by atoms with Crippen LogP contribution >= 0.6 is 0 Å². The maximum absolute atomic E-state index is 13.0. The number of benzene rings is 2. The molecule has 0 saturated heterocycles. The van der Waals surface area contributed by atoms with Crippen molar-refractivity contribution in [1.29, 1.82) is 5.26 Å². The molecule has 1 heterocycles. The van der Waals surface area contributed by atoms with Gasteiger partial charge in [0.15, 0.2) is 0 Å². The Kier molecular flexibility index (Phi) is 2.69. The van der Waals surface area contributed by atoms with Crippen LogP contribution in [-0.2, 0) is 6.54 Å². The zero-order chi connectivity index (χ0) is 13.2. The second-order valence-electron chi connectivity index (χ2n) is 4.17. The molecule has 2 aromatic carbocycles. The van der Waals surface area contributed by atoms with Gasteiger partial charge in [-0.05, 0) is 29.8 Å². The van der Waals surface area contributed by atoms with E-state index in [0.29, 0.717) is 23.1 Å². The third-order valence-corrected chi connectivity index (χ3v) is 2.79. The van der Waals surface area contributed by atoms with E-state index < -0.39 is 0 Å². The summed E-state index contributed by atoms with van der Waals surface area (Å²) in [5.41, 5.74) is 2.80. The molecule has 0 fully saturated rings. The second-order valence-corrected chi connectivity index (χ2v) is 4.17. The van der Waals surface area contributed by atoms with Gasteiger partial charge in [0.2, 0.25) is 0 Å². The lowest BCUT2D eigenvalue weighted by atomic mass is 10.1. The van der Waals surface area contributed by atoms with E-state index in [0.717, 1.165) is 5.56 Å². The molecule has 0 aliphatic carbocycles. The highest BCUT2D eigenvalue weighted by Crippen LogP contribution is 2.12. The normalized spacial score (nSPS) is 10.5. The Labute approximate surface area is 108 Å². The highest BCUT2D eigenvalue weighted by atomic mass is 19.1. The van der Waals surface area contributed by atoms with E-state index in [1.165, 1.54) is 16.9 Å². The fourth-order valence-corrected chi connectivity index (χ4v) is 1.85. The first-order valence-electron chi connectivity index (χ1n) is 5.74. The van der Waals surface area contributed by atoms with Crippen LogP contribution in [0.25, 0.3) is 11.0 Å². The number of nitriles is 1. The summed E-state index contributed by atoms with van der Waals surface area (Å²) in [5.74, 6) is -0.321. The molecule has 4 nitrogen and oxygen atoms in total. The predicted molar refractivity (Wildman–Crippen MR) is 67.7 cm³/mol. The van der Waals surface area contributed by atoms with Crippen molar-refractivity contribution in [1.82, 2.24) is 15.0 Å². The SMILES string of the molecule is N#Cc1ccc(Cn2nc3ccc(F)cc3n2)cc1. The van der Waals surface area contributed by atoms with Crippen LogP contribution in [0.2, 0.25) is 0 Å². The molecule has 0 aliphatic heterocycles. The maximum Gasteiger partial charge on any atom is 0.125 e. The molecule has 19 heavy (non-hydrogen) atoms. The van der Waals surface area contributed by atoms with E-state index in [2.05, 4.69) is 16.3 Å². The first-order chi connectivity index (χ1) is 9.24. The van der Waals surface area contributed by atoms with Crippen molar-refractivity contribution in [2.45, 2.75) is 6.54 Å². The molecule has 3 rings (SSSR count). The largest absolute Gasteiger partial charge is 0.207 e. The van der Waals surface area contributed by atoms with Gasteiger partial charge in [0.25, 0.3) is 0 Å². The Morgan fingerprint density at radius 3 is 2.53 bits per heavy atom. The van der Waals surface area contributed by atoms with Gasteiger partial charge in [-0.2, -0.15) is 20.3 Å². The number of hydrogen-bond donors (Lipinski definition) is 0. The topological polar surface area (TPSA) is 54.5 Å². The first kappa shape index (κ1) is 11.4. The van der Waals surface area contributed by atoms with Gasteiger partial charge in [-0.15, -0.1) is 0 Å². The fraction of sp³-hybridized carbons (Fsp3) is 0.0714. The van der Waals surface area contributed by atoms with E-state index in [9.17, 15) is 4.39 Å². The number of halogens is 1. The van der Waals surface area contributed by atoms with Crippen LogP contribution in [0.15, 0.2) is 42.5 Å². The number of nitrogens with zero attached hydrogens (tertiary/aromatic N) is 4. The minimum absolute atomic E-state index is 0.321. The molecule has 1 aromatic heterocycles. The van der Waals surface area contributed by atoms with Crippen LogP contribution in [0, 0.1) is 17.1 Å². The van der Waals surface area contributed by atoms with Crippen LogP contribution in [0.5, 0.6) is 0 Å². The maximum atomic E-state index is 13.0. The Hall–Kier alpha value is -2.74. The van der Waals surface area contributed by atoms with E-state index in [1.54, 1.807) is 18.2 Å². The fourth-order valence-electron chi connectivity index (χ4n) is 1.85. The number of aromatic nitrogens is 3. The van der Waals surface area contributed by atoms with Crippen molar-refractivity contribution in [3.05, 3.63) is 59.4 Å². The third-order valence-electron chi connectivity index (χ3n) is 2.79. The van der Waals surface area contributed by atoms with Crippen molar-refractivity contribution in [3.8, 4) is 6.07 Å². The molecule has 5 heteroatoms. The highest BCUT2D eigenvalue weighted by Gasteiger charge is 2.04. The van der Waals surface area contributed by atoms with Crippen molar-refractivity contribution >= 4 is 11.0 Å². The average Bonchev–Trinajstić information content (AvgIpc) is 2.81. The summed E-state index contributed by atoms with van der Waals surface area (Å²) in [7, 11) is 0. The lowest BCUT2D eigenvalue weighted by molar-refractivity contribution is 0.600. The summed E-state index contributed by atoms with van der Waals surface area (Å²) >= 11 is 0. The molecule has 0 atom stereocenters. The Bertz CT molecular complexity index is 768. The van der Waals surface area contributed by atoms with Gasteiger partial charge >= 0.3 is 0 Å². The second kappa shape index (κ2) is 4.50. The molecule has 0 saturated carbocycles. The van der Waals surface area contributed by atoms with Crippen molar-refractivity contribution < 1.29 is 4.39 Å². The summed E-state index contributed by atoms with van der Waals surface area (Å²) in [6.45, 7) is 0.488. The van der Waals surface area contributed by atoms with Crippen molar-refractivity contribution in [2.24, 2.45) is 0 Å². The monoisotopic (exact) mass is 252 g/mol. The molecule has 0 bridgehead atoms. The molecule has 0 N–H and O–H groups in total. The molecule has 3 aromatic rings. The van der Waals surface area contributed by atoms with Gasteiger partial charge in [0, 0.05) is 6.07 Å². The van der Waals surface area contributed by atoms with E-state index in [-0.39, 0.29) is 5.82 Å². The van der Waals surface area contributed by atoms with Crippen LogP contribution in [0.3, 0.4) is 0 Å². The molecular weight excluding hydrogens is 243 g/mol. The average molecular weight is 252 g/mol. The molecular formula is C14H9FN4. The van der Waals surface area contributed by atoms with Crippen molar-refractivity contribution in [2.75, 3.05) is 0 Å². The summed E-state index contributed by atoms with van der Waals surface area (Å²) in [5, 5.41) is 17.2. The predicted octanol–water partition coefficient (Wildman–Crippen LogP) is 2.49. The van der Waals surface area contributed by atoms with E-state index >= 15 is 0 Å². The highest BCUT2D eigenvalue weighted by molar-refractivity contribution is 5.73. The van der Waals surface area contributed by atoms with Gasteiger partial charge in [-0.25, -0.2) is 4.39 Å². The number of hydrogen-bond acceptors (Lipinski definition) is 3. The lowest BCUT2D eigenvalue weighted by Gasteiger charge is -1.99. The zero-order valence-corrected chi connectivity index (χ0v) is 9.92. The lowest BCUT2D eigenvalue weighted by Crippen LogP contribution is -2.03. The Balaban J connectivity index is 1.90. The van der Waals surface area contributed by atoms with Gasteiger partial charge < -0.3 is 0 Å². The van der Waals surface area contributed by atoms with Crippen LogP contribution in [0.4, 0.5) is 4.39 Å². The molecule has 0 amide bonds. The van der Waals surface area contributed by atoms with Gasteiger partial charge in [0.05, 0.1) is 18.2 Å². The molecule has 0 radical (unpaired) electrons. The van der Waals surface area contributed by atoms with Crippen molar-refractivity contribution in [3.63, 3.8) is 0 Å². The number of rotatable bonds is 2. The molecule has 0 unspecified atom stereocenters. The first-order valence-corrected chi connectivity index (χ1v) is 5.74. The zero-order valence-electron chi connectivity index (χ0n) is 9.92. The Morgan fingerprint density at radius 2 is 1.79 bits per heavy atom. The smallest absolute Gasteiger partial charge is 0.125 e. The standard InChI is InChI=1S/C14H9FN4/c15-12-5-6-13-14(7-12)18-19(17-13)9-11-3-1-10(8-16)2-4-11/h1-7H,9H2. The van der Waals surface area contributed by atoms with Crippen LogP contribution in [-0.4, -0.2) is 15.0 Å². The van der Waals surface area contributed by atoms with Gasteiger partial charge in [-0.3, -0.25) is 0 Å². The number of fused-ring (bicyclic) bond motifs is 1. The minimum atomic E-state index is -0.321. The quantitative estimate of drug-likeness (QED) is 0.704. The third kappa shape index (κ3) is 2.29. The summed E-state index contributed by atoms with van der Waals surface area (Å²) < 4.78 is 13.0. The summed E-state index contributed by atoms with van der Waals surface area (Å²) in [6.07, 6.45) is 0. The van der Waals surface area contributed by atoms with Crippen LogP contribution < -0.4 is 0 Å². The molecule has 0 aliphatic rings. The summed E-state index contributed by atoms with van der Waals surface area (Å²) in [4.78, 5) is 1.52. The van der Waals surface area contributed by atoms with Gasteiger partial charge in [-0.1, -0.05) is 12.1 Å². The van der Waals surface area contributed by atoms with Gasteiger partial charge in [0.1, 0.15) is 16.9 Å². The van der Waals surface area contributed by atoms with E-state index in [1.807, 2.05) is 12.1 Å². The minimum Gasteiger partial charge on any atom is -0.207 e. The van der Waals surface area contributed by atoms with Crippen LogP contribution in [0.1, 0.15) is 11.1 Å². The molecule has 0 spiro atoms.